The summed E-state index contributed by atoms with van der Waals surface area (Å²) < 4.78 is 14.0. The first-order chi connectivity index (χ1) is 9.02. The molecule has 1 unspecified atom stereocenters. The Morgan fingerprint density at radius 2 is 2.32 bits per heavy atom. The molecule has 4 nitrogen and oxygen atoms in total. The minimum atomic E-state index is -0.688. The Labute approximate surface area is 114 Å². The van der Waals surface area contributed by atoms with Crippen molar-refractivity contribution in [2.75, 3.05) is 11.4 Å². The maximum Gasteiger partial charge on any atom is 0.228 e. The van der Waals surface area contributed by atoms with Gasteiger partial charge in [0, 0.05) is 25.1 Å². The van der Waals surface area contributed by atoms with Crippen molar-refractivity contribution in [1.29, 1.82) is 5.26 Å². The van der Waals surface area contributed by atoms with Gasteiger partial charge in [0.05, 0.1) is 11.3 Å². The van der Waals surface area contributed by atoms with E-state index < -0.39 is 5.82 Å². The number of carbonyl (C=O) groups excluding carboxylic acids is 2. The molecule has 1 aliphatic rings. The fourth-order valence-corrected chi connectivity index (χ4v) is 2.95. The third-order valence-corrected chi connectivity index (χ3v) is 3.79. The van der Waals surface area contributed by atoms with E-state index in [0.717, 1.165) is 11.8 Å². The van der Waals surface area contributed by atoms with Crippen LogP contribution in [0.2, 0.25) is 0 Å². The van der Waals surface area contributed by atoms with Crippen molar-refractivity contribution in [3.63, 3.8) is 0 Å². The average molecular weight is 278 g/mol. The summed E-state index contributed by atoms with van der Waals surface area (Å²) in [6.45, 7) is 1.73. The lowest BCUT2D eigenvalue weighted by Gasteiger charge is -2.17. The van der Waals surface area contributed by atoms with Crippen LogP contribution in [0.25, 0.3) is 0 Å². The maximum atomic E-state index is 14.0. The first-order valence-corrected chi connectivity index (χ1v) is 6.57. The molecule has 0 N–H and O–H groups in total. The van der Waals surface area contributed by atoms with Crippen molar-refractivity contribution in [3.05, 3.63) is 29.6 Å². The van der Waals surface area contributed by atoms with Crippen LogP contribution in [0, 0.1) is 17.1 Å². The van der Waals surface area contributed by atoms with Crippen molar-refractivity contribution in [2.45, 2.75) is 18.6 Å². The summed E-state index contributed by atoms with van der Waals surface area (Å²) in [6.07, 6.45) is 0.209. The molecular weight excluding hydrogens is 267 g/mol. The largest absolute Gasteiger partial charge is 0.308 e. The van der Waals surface area contributed by atoms with Gasteiger partial charge in [0.2, 0.25) is 5.91 Å². The van der Waals surface area contributed by atoms with Crippen LogP contribution in [-0.4, -0.2) is 22.8 Å². The fraction of sp³-hybridized carbons (Fsp3) is 0.308. The third kappa shape index (κ3) is 2.76. The molecule has 1 aromatic rings. The molecule has 0 aliphatic carbocycles. The second kappa shape index (κ2) is 5.41. The Morgan fingerprint density at radius 1 is 1.58 bits per heavy atom. The second-order valence-corrected chi connectivity index (χ2v) is 5.67. The summed E-state index contributed by atoms with van der Waals surface area (Å²) in [4.78, 5) is 24.2. The first kappa shape index (κ1) is 13.6. The summed E-state index contributed by atoms with van der Waals surface area (Å²) in [6, 6.07) is 6.11. The van der Waals surface area contributed by atoms with Gasteiger partial charge in [-0.05, 0) is 12.1 Å². The monoisotopic (exact) mass is 278 g/mol. The molecule has 1 aromatic carbocycles. The summed E-state index contributed by atoms with van der Waals surface area (Å²) in [5.74, 6) is -0.917. The number of halogens is 1. The molecule has 1 fully saturated rings. The van der Waals surface area contributed by atoms with Crippen molar-refractivity contribution < 1.29 is 14.0 Å². The number of amides is 1. The maximum absolute atomic E-state index is 14.0. The van der Waals surface area contributed by atoms with Gasteiger partial charge in [-0.25, -0.2) is 4.39 Å². The summed E-state index contributed by atoms with van der Waals surface area (Å²) in [5, 5.41) is 8.56. The highest BCUT2D eigenvalue weighted by Gasteiger charge is 2.33. The van der Waals surface area contributed by atoms with E-state index in [2.05, 4.69) is 0 Å². The zero-order valence-electron chi connectivity index (χ0n) is 10.2. The van der Waals surface area contributed by atoms with Gasteiger partial charge >= 0.3 is 0 Å². The number of hydrogen-bond donors (Lipinski definition) is 0. The van der Waals surface area contributed by atoms with Gasteiger partial charge in [0.25, 0.3) is 0 Å². The lowest BCUT2D eigenvalue weighted by Crippen LogP contribution is -2.26. The first-order valence-electron chi connectivity index (χ1n) is 5.69. The van der Waals surface area contributed by atoms with E-state index in [1.807, 2.05) is 0 Å². The molecule has 2 rings (SSSR count). The zero-order valence-corrected chi connectivity index (χ0v) is 11.0. The molecule has 1 heterocycles. The molecule has 98 valence electrons. The smallest absolute Gasteiger partial charge is 0.228 e. The Hall–Kier alpha value is -1.87. The van der Waals surface area contributed by atoms with Gasteiger partial charge in [0.1, 0.15) is 6.07 Å². The van der Waals surface area contributed by atoms with Crippen LogP contribution in [0.3, 0.4) is 0 Å². The molecule has 0 saturated carbocycles. The van der Waals surface area contributed by atoms with E-state index in [9.17, 15) is 14.0 Å². The van der Waals surface area contributed by atoms with Crippen molar-refractivity contribution in [1.82, 2.24) is 0 Å². The molecule has 0 aromatic heterocycles. The Morgan fingerprint density at radius 3 is 2.95 bits per heavy atom. The Kier molecular flexibility index (Phi) is 3.86. The van der Waals surface area contributed by atoms with E-state index in [1.54, 1.807) is 6.07 Å². The van der Waals surface area contributed by atoms with E-state index in [1.165, 1.54) is 30.0 Å². The highest BCUT2D eigenvalue weighted by Crippen LogP contribution is 2.31. The highest BCUT2D eigenvalue weighted by atomic mass is 32.2. The lowest BCUT2D eigenvalue weighted by atomic mass is 10.2. The number of carbonyl (C=O) groups is 2. The number of rotatable bonds is 2. The van der Waals surface area contributed by atoms with E-state index in [0.29, 0.717) is 0 Å². The van der Waals surface area contributed by atoms with Gasteiger partial charge in [-0.2, -0.15) is 5.26 Å². The van der Waals surface area contributed by atoms with Crippen LogP contribution in [0.5, 0.6) is 0 Å². The molecule has 1 atom stereocenters. The molecule has 0 bridgehead atoms. The second-order valence-electron chi connectivity index (χ2n) is 4.19. The van der Waals surface area contributed by atoms with Gasteiger partial charge < -0.3 is 4.90 Å². The molecule has 0 spiro atoms. The lowest BCUT2D eigenvalue weighted by molar-refractivity contribution is -0.117. The number of anilines is 1. The van der Waals surface area contributed by atoms with E-state index in [4.69, 9.17) is 5.26 Å². The van der Waals surface area contributed by atoms with Gasteiger partial charge in [-0.3, -0.25) is 9.59 Å². The molecule has 1 saturated heterocycles. The van der Waals surface area contributed by atoms with Crippen molar-refractivity contribution in [2.24, 2.45) is 0 Å². The molecule has 1 aliphatic heterocycles. The van der Waals surface area contributed by atoms with Gasteiger partial charge in [-0.15, -0.1) is 0 Å². The van der Waals surface area contributed by atoms with Crippen LogP contribution >= 0.6 is 11.8 Å². The van der Waals surface area contributed by atoms with Crippen LogP contribution in [-0.2, 0) is 9.59 Å². The van der Waals surface area contributed by atoms with Gasteiger partial charge in [0.15, 0.2) is 10.9 Å². The van der Waals surface area contributed by atoms with Crippen molar-refractivity contribution in [3.8, 4) is 6.07 Å². The predicted octanol–water partition coefficient (Wildman–Crippen LogP) is 2.08. The molecule has 6 heteroatoms. The summed E-state index contributed by atoms with van der Waals surface area (Å²) in [7, 11) is 0. The van der Waals surface area contributed by atoms with E-state index in [-0.39, 0.29) is 40.5 Å². The normalized spacial score (nSPS) is 18.5. The zero-order chi connectivity index (χ0) is 14.0. The number of nitrogens with zero attached hydrogens (tertiary/aromatic N) is 2. The minimum absolute atomic E-state index is 0.0640. The molecule has 0 radical (unpaired) electrons. The van der Waals surface area contributed by atoms with Crippen molar-refractivity contribution >= 4 is 28.5 Å². The predicted molar refractivity (Wildman–Crippen MR) is 70.1 cm³/mol. The summed E-state index contributed by atoms with van der Waals surface area (Å²) in [5.41, 5.74) is 0.0173. The Bertz CT molecular complexity index is 582. The van der Waals surface area contributed by atoms with Crippen LogP contribution < -0.4 is 4.90 Å². The number of nitriles is 1. The fourth-order valence-electron chi connectivity index (χ4n) is 2.04. The standard InChI is InChI=1S/C13H11FN2O2S/c1-8(17)19-10-5-12(18)16(7-10)11-4-2-3-9(6-15)13(11)14/h2-4,10H,5,7H2,1H3. The van der Waals surface area contributed by atoms with Crippen LogP contribution in [0.1, 0.15) is 18.9 Å². The quantitative estimate of drug-likeness (QED) is 0.831. The van der Waals surface area contributed by atoms with Crippen LogP contribution in [0.4, 0.5) is 10.1 Å². The number of benzene rings is 1. The molecular formula is C13H11FN2O2S. The third-order valence-electron chi connectivity index (χ3n) is 2.81. The SMILES string of the molecule is CC(=O)SC1CC(=O)N(c2cccc(C#N)c2F)C1. The van der Waals surface area contributed by atoms with Gasteiger partial charge in [-0.1, -0.05) is 17.8 Å². The minimum Gasteiger partial charge on any atom is -0.308 e. The molecule has 19 heavy (non-hydrogen) atoms. The Balaban J connectivity index is 2.26. The topological polar surface area (TPSA) is 61.2 Å². The number of hydrogen-bond acceptors (Lipinski definition) is 4. The molecule has 1 amide bonds. The highest BCUT2D eigenvalue weighted by molar-refractivity contribution is 8.14. The number of thioether (sulfide) groups is 1. The van der Waals surface area contributed by atoms with Crippen LogP contribution in [0.15, 0.2) is 18.2 Å². The van der Waals surface area contributed by atoms with E-state index >= 15 is 0 Å². The summed E-state index contributed by atoms with van der Waals surface area (Å²) >= 11 is 1.09. The average Bonchev–Trinajstić information content (AvgIpc) is 2.69.